The van der Waals surface area contributed by atoms with Crippen LogP contribution in [0.15, 0.2) is 41.4 Å². The van der Waals surface area contributed by atoms with Gasteiger partial charge in [0.15, 0.2) is 5.69 Å². The molecule has 1 aliphatic carbocycles. The predicted octanol–water partition coefficient (Wildman–Crippen LogP) is 3.28. The molecule has 1 saturated heterocycles. The monoisotopic (exact) mass is 443 g/mol. The van der Waals surface area contributed by atoms with Gasteiger partial charge >= 0.3 is 6.18 Å². The Morgan fingerprint density at radius 1 is 1.17 bits per heavy atom. The number of aromatic nitrogens is 2. The van der Waals surface area contributed by atoms with Crippen LogP contribution in [0.2, 0.25) is 0 Å². The van der Waals surface area contributed by atoms with Crippen molar-refractivity contribution in [3.8, 4) is 0 Å². The van der Waals surface area contributed by atoms with Crippen LogP contribution in [0.25, 0.3) is 0 Å². The number of piperidine rings is 1. The molecule has 10 heteroatoms. The Labute approximate surface area is 173 Å². The highest BCUT2D eigenvalue weighted by atomic mass is 32.2. The van der Waals surface area contributed by atoms with Crippen molar-refractivity contribution in [1.29, 1.82) is 0 Å². The van der Waals surface area contributed by atoms with Gasteiger partial charge in [0.25, 0.3) is 0 Å². The molecule has 30 heavy (non-hydrogen) atoms. The average molecular weight is 443 g/mol. The van der Waals surface area contributed by atoms with Gasteiger partial charge in [-0.1, -0.05) is 43.2 Å². The van der Waals surface area contributed by atoms with Crippen molar-refractivity contribution in [3.63, 3.8) is 0 Å². The molecule has 0 spiro atoms. The maximum Gasteiger partial charge on any atom is 0.436 e. The summed E-state index contributed by atoms with van der Waals surface area (Å²) in [5, 5.41) is 14.9. The SMILES string of the molecule is Cn1cc(S(=O)(=O)N2CC[C@](O)(c3ccccc3)[C@H]3CCCC[C@H]32)c(C(F)(F)F)n1. The van der Waals surface area contributed by atoms with Crippen LogP contribution < -0.4 is 0 Å². The molecule has 2 fully saturated rings. The molecule has 4 rings (SSSR count). The lowest BCUT2D eigenvalue weighted by molar-refractivity contribution is -0.143. The normalized spacial score (nSPS) is 28.3. The molecule has 1 aliphatic heterocycles. The molecule has 1 N–H and O–H groups in total. The second kappa shape index (κ2) is 7.35. The highest BCUT2D eigenvalue weighted by molar-refractivity contribution is 7.89. The first-order chi connectivity index (χ1) is 14.0. The lowest BCUT2D eigenvalue weighted by Gasteiger charge is -2.51. The predicted molar refractivity (Wildman–Crippen MR) is 103 cm³/mol. The van der Waals surface area contributed by atoms with Gasteiger partial charge in [-0.25, -0.2) is 8.42 Å². The van der Waals surface area contributed by atoms with E-state index in [4.69, 9.17) is 0 Å². The van der Waals surface area contributed by atoms with E-state index in [0.29, 0.717) is 12.8 Å². The van der Waals surface area contributed by atoms with Crippen LogP contribution in [-0.4, -0.2) is 40.2 Å². The quantitative estimate of drug-likeness (QED) is 0.790. The number of nitrogens with zero attached hydrogens (tertiary/aromatic N) is 3. The zero-order valence-corrected chi connectivity index (χ0v) is 17.3. The summed E-state index contributed by atoms with van der Waals surface area (Å²) in [4.78, 5) is -0.827. The van der Waals surface area contributed by atoms with Crippen molar-refractivity contribution in [1.82, 2.24) is 14.1 Å². The number of aliphatic hydroxyl groups is 1. The van der Waals surface area contributed by atoms with Crippen molar-refractivity contribution in [2.75, 3.05) is 6.54 Å². The Balaban J connectivity index is 1.75. The van der Waals surface area contributed by atoms with Crippen molar-refractivity contribution in [2.24, 2.45) is 13.0 Å². The smallest absolute Gasteiger partial charge is 0.385 e. The molecule has 0 radical (unpaired) electrons. The number of sulfonamides is 1. The second-order valence-electron chi connectivity index (χ2n) is 8.13. The van der Waals surface area contributed by atoms with E-state index in [1.807, 2.05) is 30.3 Å². The van der Waals surface area contributed by atoms with Crippen LogP contribution in [0.1, 0.15) is 43.4 Å². The molecule has 1 aromatic carbocycles. The minimum atomic E-state index is -4.88. The standard InChI is InChI=1S/C20H24F3N3O3S/c1-25-13-17(18(24-25)20(21,22)23)30(28,29)26-12-11-19(27,14-7-3-2-4-8-14)15-9-5-6-10-16(15)26/h2-4,7-8,13,15-16,27H,5-6,9-12H2,1H3/t15-,16+,19-/m0/s1. The summed E-state index contributed by atoms with van der Waals surface area (Å²) >= 11 is 0. The van der Waals surface area contributed by atoms with E-state index in [2.05, 4.69) is 5.10 Å². The number of benzene rings is 1. The van der Waals surface area contributed by atoms with Crippen LogP contribution >= 0.6 is 0 Å². The summed E-state index contributed by atoms with van der Waals surface area (Å²) in [6.07, 6.45) is -1.13. The van der Waals surface area contributed by atoms with Crippen LogP contribution in [-0.2, 0) is 28.8 Å². The van der Waals surface area contributed by atoms with E-state index in [1.165, 1.54) is 11.4 Å². The Hall–Kier alpha value is -1.91. The minimum absolute atomic E-state index is 0.0545. The third-order valence-electron chi connectivity index (χ3n) is 6.35. The average Bonchev–Trinajstić information content (AvgIpc) is 3.12. The van der Waals surface area contributed by atoms with Gasteiger partial charge in [-0.3, -0.25) is 4.68 Å². The van der Waals surface area contributed by atoms with Gasteiger partial charge in [0.2, 0.25) is 10.0 Å². The van der Waals surface area contributed by atoms with Gasteiger partial charge in [0.1, 0.15) is 4.90 Å². The van der Waals surface area contributed by atoms with Crippen LogP contribution in [0.5, 0.6) is 0 Å². The fourth-order valence-electron chi connectivity index (χ4n) is 5.01. The maximum absolute atomic E-state index is 13.4. The Morgan fingerprint density at radius 3 is 2.50 bits per heavy atom. The largest absolute Gasteiger partial charge is 0.436 e. The highest BCUT2D eigenvalue weighted by Gasteiger charge is 2.53. The minimum Gasteiger partial charge on any atom is -0.385 e. The topological polar surface area (TPSA) is 75.4 Å². The number of hydrogen-bond acceptors (Lipinski definition) is 4. The van der Waals surface area contributed by atoms with Crippen molar-refractivity contribution < 1.29 is 26.7 Å². The number of rotatable bonds is 3. The number of alkyl halides is 3. The summed E-state index contributed by atoms with van der Waals surface area (Å²) < 4.78 is 69.1. The van der Waals surface area contributed by atoms with E-state index < -0.39 is 38.4 Å². The molecule has 6 nitrogen and oxygen atoms in total. The van der Waals surface area contributed by atoms with Crippen LogP contribution in [0, 0.1) is 5.92 Å². The van der Waals surface area contributed by atoms with Crippen LogP contribution in [0.3, 0.4) is 0 Å². The maximum atomic E-state index is 13.4. The van der Waals surface area contributed by atoms with Crippen LogP contribution in [0.4, 0.5) is 13.2 Å². The molecular weight excluding hydrogens is 419 g/mol. The van der Waals surface area contributed by atoms with Crippen molar-refractivity contribution >= 4 is 10.0 Å². The Kier molecular flexibility index (Phi) is 5.22. The van der Waals surface area contributed by atoms with E-state index in [-0.39, 0.29) is 18.9 Å². The molecule has 2 aliphatic rings. The van der Waals surface area contributed by atoms with Gasteiger partial charge < -0.3 is 5.11 Å². The number of fused-ring (bicyclic) bond motifs is 1. The van der Waals surface area contributed by atoms with E-state index in [1.54, 1.807) is 0 Å². The van der Waals surface area contributed by atoms with Gasteiger partial charge in [0.05, 0.1) is 5.60 Å². The molecule has 3 atom stereocenters. The molecule has 1 saturated carbocycles. The molecule has 1 aromatic heterocycles. The first-order valence-electron chi connectivity index (χ1n) is 9.96. The molecule has 2 aromatic rings. The number of halogens is 3. The van der Waals surface area contributed by atoms with Gasteiger partial charge in [-0.05, 0) is 24.8 Å². The van der Waals surface area contributed by atoms with E-state index in [9.17, 15) is 26.7 Å². The summed E-state index contributed by atoms with van der Waals surface area (Å²) in [6, 6.07) is 8.55. The lowest BCUT2D eigenvalue weighted by atomic mass is 9.67. The zero-order chi connectivity index (χ0) is 21.7. The third-order valence-corrected chi connectivity index (χ3v) is 8.28. The summed E-state index contributed by atoms with van der Waals surface area (Å²) in [5.74, 6) is -0.386. The van der Waals surface area contributed by atoms with E-state index >= 15 is 0 Å². The van der Waals surface area contributed by atoms with Crippen molar-refractivity contribution in [3.05, 3.63) is 47.8 Å². The first-order valence-corrected chi connectivity index (χ1v) is 11.4. The molecular formula is C20H24F3N3O3S. The van der Waals surface area contributed by atoms with Gasteiger partial charge in [0, 0.05) is 31.7 Å². The van der Waals surface area contributed by atoms with Gasteiger partial charge in [-0.15, -0.1) is 0 Å². The molecule has 0 unspecified atom stereocenters. The fraction of sp³-hybridized carbons (Fsp3) is 0.550. The van der Waals surface area contributed by atoms with Crippen molar-refractivity contribution in [2.45, 2.75) is 54.8 Å². The van der Waals surface area contributed by atoms with E-state index in [0.717, 1.165) is 29.3 Å². The first kappa shape index (κ1) is 21.3. The third kappa shape index (κ3) is 3.44. The summed E-state index contributed by atoms with van der Waals surface area (Å²) in [5.41, 5.74) is -1.89. The highest BCUT2D eigenvalue weighted by Crippen LogP contribution is 2.48. The second-order valence-corrected chi connectivity index (χ2v) is 9.99. The zero-order valence-electron chi connectivity index (χ0n) is 16.5. The molecule has 0 amide bonds. The molecule has 2 heterocycles. The Morgan fingerprint density at radius 2 is 1.83 bits per heavy atom. The van der Waals surface area contributed by atoms with Gasteiger partial charge in [-0.2, -0.15) is 22.6 Å². The number of hydrogen-bond donors (Lipinski definition) is 1. The molecule has 164 valence electrons. The molecule has 0 bridgehead atoms. The summed E-state index contributed by atoms with van der Waals surface area (Å²) in [6.45, 7) is -0.0545. The fourth-order valence-corrected chi connectivity index (χ4v) is 6.89. The summed E-state index contributed by atoms with van der Waals surface area (Å²) in [7, 11) is -3.17. The lowest BCUT2D eigenvalue weighted by Crippen LogP contribution is -2.58. The Bertz CT molecular complexity index is 1020. The number of aryl methyl sites for hydroxylation is 1.